The van der Waals surface area contributed by atoms with Crippen molar-refractivity contribution in [2.45, 2.75) is 0 Å². The van der Waals surface area contributed by atoms with Crippen LogP contribution >= 0.6 is 0 Å². The van der Waals surface area contributed by atoms with E-state index in [1.165, 1.54) is 24.3 Å². The number of carbonyl (C=O) groups is 2. The van der Waals surface area contributed by atoms with Crippen molar-refractivity contribution in [3.8, 4) is 11.5 Å². The van der Waals surface area contributed by atoms with Gasteiger partial charge in [0, 0.05) is 0 Å². The maximum absolute atomic E-state index is 12.1. The van der Waals surface area contributed by atoms with E-state index in [0.717, 1.165) is 0 Å². The van der Waals surface area contributed by atoms with Gasteiger partial charge in [0.05, 0.1) is 11.4 Å². The second kappa shape index (κ2) is 6.71. The molecule has 0 fully saturated rings. The number of nitrogens with zero attached hydrogens (tertiary/aromatic N) is 2. The smallest absolute Gasteiger partial charge is 0.295 e. The molecule has 0 saturated heterocycles. The van der Waals surface area contributed by atoms with Gasteiger partial charge in [-0.1, -0.05) is 24.3 Å². The maximum atomic E-state index is 12.1. The summed E-state index contributed by atoms with van der Waals surface area (Å²) >= 11 is 0. The first-order valence-corrected chi connectivity index (χ1v) is 7.15. The topological polar surface area (TPSA) is 140 Å². The molecule has 9 nitrogen and oxygen atoms in total. The molecule has 2 aromatic carbocycles. The number of benzene rings is 2. The van der Waals surface area contributed by atoms with Crippen molar-refractivity contribution in [1.29, 1.82) is 0 Å². The molecule has 3 aromatic rings. The Hall–Kier alpha value is -3.88. The molecule has 0 aliphatic carbocycles. The molecule has 0 aliphatic heterocycles. The van der Waals surface area contributed by atoms with Crippen LogP contribution in [-0.2, 0) is 0 Å². The van der Waals surface area contributed by atoms with E-state index in [2.05, 4.69) is 25.8 Å². The Morgan fingerprint density at radius 1 is 0.840 bits per heavy atom. The van der Waals surface area contributed by atoms with Gasteiger partial charge in [0.25, 0.3) is 11.8 Å². The highest BCUT2D eigenvalue weighted by molar-refractivity contribution is 6.05. The molecular formula is C16H13N5O4. The number of carbonyl (C=O) groups excluding carboxylic acids is 2. The zero-order chi connectivity index (χ0) is 17.8. The molecule has 0 saturated carbocycles. The van der Waals surface area contributed by atoms with Gasteiger partial charge in [-0.2, -0.15) is 4.98 Å². The summed E-state index contributed by atoms with van der Waals surface area (Å²) in [6.07, 6.45) is 0. The van der Waals surface area contributed by atoms with Crippen molar-refractivity contribution in [2.75, 3.05) is 10.6 Å². The molecule has 126 valence electrons. The number of hydrogen-bond donors (Lipinski definition) is 5. The molecule has 0 atom stereocenters. The Bertz CT molecular complexity index is 864. The van der Waals surface area contributed by atoms with Gasteiger partial charge in [-0.05, 0) is 24.3 Å². The fraction of sp³-hybridized carbons (Fsp3) is 0. The number of aromatic nitrogens is 3. The summed E-state index contributed by atoms with van der Waals surface area (Å²) in [6, 6.07) is 12.3. The minimum atomic E-state index is -0.695. The first-order valence-electron chi connectivity index (χ1n) is 7.15. The Morgan fingerprint density at radius 3 is 1.92 bits per heavy atom. The van der Waals surface area contributed by atoms with Crippen molar-refractivity contribution in [3.63, 3.8) is 0 Å². The van der Waals surface area contributed by atoms with E-state index in [9.17, 15) is 19.8 Å². The number of aromatic hydroxyl groups is 2. The van der Waals surface area contributed by atoms with Crippen LogP contribution in [0.3, 0.4) is 0 Å². The normalized spacial score (nSPS) is 10.2. The van der Waals surface area contributed by atoms with Crippen molar-refractivity contribution in [1.82, 2.24) is 15.2 Å². The summed E-state index contributed by atoms with van der Waals surface area (Å²) in [5.41, 5.74) is 0.390. The zero-order valence-electron chi connectivity index (χ0n) is 12.7. The molecule has 0 unspecified atom stereocenters. The van der Waals surface area contributed by atoms with Crippen molar-refractivity contribution >= 4 is 23.2 Å². The van der Waals surface area contributed by atoms with Crippen LogP contribution in [-0.4, -0.2) is 37.2 Å². The van der Waals surface area contributed by atoms with E-state index in [0.29, 0.717) is 0 Å². The number of rotatable bonds is 4. The van der Waals surface area contributed by atoms with Gasteiger partial charge in [0.1, 0.15) is 11.5 Å². The maximum Gasteiger partial charge on any atom is 0.295 e. The van der Waals surface area contributed by atoms with Gasteiger partial charge < -0.3 is 20.8 Å². The number of phenolic OH excluding ortho intramolecular Hbond substituents is 2. The Balaban J connectivity index is 1.71. The number of nitrogens with one attached hydrogen (secondary N) is 3. The van der Waals surface area contributed by atoms with Crippen molar-refractivity contribution < 1.29 is 19.8 Å². The van der Waals surface area contributed by atoms with Gasteiger partial charge in [0.15, 0.2) is 0 Å². The van der Waals surface area contributed by atoms with Crippen LogP contribution in [0.1, 0.15) is 21.2 Å². The van der Waals surface area contributed by atoms with Crippen molar-refractivity contribution in [3.05, 3.63) is 60.2 Å². The number of anilines is 2. The highest BCUT2D eigenvalue weighted by Crippen LogP contribution is 2.23. The van der Waals surface area contributed by atoms with Crippen LogP contribution < -0.4 is 10.6 Å². The third-order valence-corrected chi connectivity index (χ3v) is 3.21. The molecule has 0 radical (unpaired) electrons. The lowest BCUT2D eigenvalue weighted by Crippen LogP contribution is -2.16. The van der Waals surface area contributed by atoms with E-state index >= 15 is 0 Å². The molecule has 25 heavy (non-hydrogen) atoms. The third kappa shape index (κ3) is 3.55. The number of hydrogen-bond acceptors (Lipinski definition) is 6. The lowest BCUT2D eigenvalue weighted by Gasteiger charge is -2.04. The summed E-state index contributed by atoms with van der Waals surface area (Å²) in [4.78, 5) is 28.0. The fourth-order valence-electron chi connectivity index (χ4n) is 1.98. The third-order valence-electron chi connectivity index (χ3n) is 3.21. The van der Waals surface area contributed by atoms with Crippen LogP contribution in [0, 0.1) is 0 Å². The Morgan fingerprint density at radius 2 is 1.36 bits per heavy atom. The first-order chi connectivity index (χ1) is 12.0. The van der Waals surface area contributed by atoms with Gasteiger partial charge in [-0.25, -0.2) is 0 Å². The van der Waals surface area contributed by atoms with Crippen LogP contribution in [0.15, 0.2) is 48.5 Å². The minimum absolute atomic E-state index is 0.104. The predicted molar refractivity (Wildman–Crippen MR) is 88.5 cm³/mol. The van der Waals surface area contributed by atoms with Crippen LogP contribution in [0.25, 0.3) is 0 Å². The standard InChI is InChI=1S/C16H13N5O4/c22-11-7-3-1-5-9(11)17-15(24)13-19-14(21-20-13)16(25)18-10-6-2-4-8-12(10)23/h1-8,22-23H,(H,17,24)(H,18,25)(H,19,20,21). The Labute approximate surface area is 141 Å². The molecule has 1 heterocycles. The molecule has 9 heteroatoms. The number of H-pyrrole nitrogens is 1. The van der Waals surface area contributed by atoms with Crippen LogP contribution in [0.2, 0.25) is 0 Å². The monoisotopic (exact) mass is 339 g/mol. The van der Waals surface area contributed by atoms with E-state index in [4.69, 9.17) is 0 Å². The largest absolute Gasteiger partial charge is 0.506 e. The van der Waals surface area contributed by atoms with E-state index < -0.39 is 11.8 Å². The van der Waals surface area contributed by atoms with Crippen LogP contribution in [0.4, 0.5) is 11.4 Å². The summed E-state index contributed by atoms with van der Waals surface area (Å²) < 4.78 is 0. The first kappa shape index (κ1) is 16.0. The summed E-state index contributed by atoms with van der Waals surface area (Å²) in [6.45, 7) is 0. The zero-order valence-corrected chi connectivity index (χ0v) is 12.7. The number of aromatic amines is 1. The highest BCUT2D eigenvalue weighted by atomic mass is 16.3. The minimum Gasteiger partial charge on any atom is -0.506 e. The summed E-state index contributed by atoms with van der Waals surface area (Å²) in [5.74, 6) is -2.05. The summed E-state index contributed by atoms with van der Waals surface area (Å²) in [5, 5.41) is 30.2. The molecular weight excluding hydrogens is 326 g/mol. The van der Waals surface area contributed by atoms with Crippen molar-refractivity contribution in [2.24, 2.45) is 0 Å². The lowest BCUT2D eigenvalue weighted by molar-refractivity contribution is 0.101. The Kier molecular flexibility index (Phi) is 4.29. The highest BCUT2D eigenvalue weighted by Gasteiger charge is 2.18. The average Bonchev–Trinajstić information content (AvgIpc) is 3.09. The van der Waals surface area contributed by atoms with Gasteiger partial charge in [0.2, 0.25) is 11.6 Å². The second-order valence-electron chi connectivity index (χ2n) is 4.95. The second-order valence-corrected chi connectivity index (χ2v) is 4.95. The number of phenols is 2. The quantitative estimate of drug-likeness (QED) is 0.458. The van der Waals surface area contributed by atoms with Gasteiger partial charge >= 0.3 is 0 Å². The van der Waals surface area contributed by atoms with Crippen LogP contribution in [0.5, 0.6) is 11.5 Å². The lowest BCUT2D eigenvalue weighted by atomic mass is 10.3. The van der Waals surface area contributed by atoms with E-state index in [-0.39, 0.29) is 34.5 Å². The number of para-hydroxylation sites is 4. The van der Waals surface area contributed by atoms with E-state index in [1.54, 1.807) is 24.3 Å². The molecule has 0 bridgehead atoms. The predicted octanol–water partition coefficient (Wildman–Crippen LogP) is 1.72. The molecule has 3 rings (SSSR count). The average molecular weight is 339 g/mol. The SMILES string of the molecule is O=C(Nc1ccccc1O)c1n[nH]c(C(=O)Nc2ccccc2O)n1. The number of amides is 2. The molecule has 0 aliphatic rings. The molecule has 2 amide bonds. The summed E-state index contributed by atoms with van der Waals surface area (Å²) in [7, 11) is 0. The van der Waals surface area contributed by atoms with Gasteiger partial charge in [-0.3, -0.25) is 14.7 Å². The molecule has 1 aromatic heterocycles. The fourth-order valence-corrected chi connectivity index (χ4v) is 1.98. The van der Waals surface area contributed by atoms with Gasteiger partial charge in [-0.15, -0.1) is 5.10 Å². The molecule has 5 N–H and O–H groups in total. The van der Waals surface area contributed by atoms with E-state index in [1.807, 2.05) is 0 Å². The molecule has 0 spiro atoms.